The van der Waals surface area contributed by atoms with Crippen molar-refractivity contribution in [2.45, 2.75) is 0 Å². The number of aromatic nitrogens is 2. The first kappa shape index (κ1) is 21.9. The topological polar surface area (TPSA) is 72.0 Å². The van der Waals surface area contributed by atoms with Gasteiger partial charge < -0.3 is 5.32 Å². The van der Waals surface area contributed by atoms with E-state index < -0.39 is 5.91 Å². The van der Waals surface area contributed by atoms with Crippen LogP contribution in [0, 0.1) is 0 Å². The number of halogens is 1. The van der Waals surface area contributed by atoms with E-state index in [1.165, 1.54) is 11.3 Å². The average Bonchev–Trinajstić information content (AvgIpc) is 3.27. The van der Waals surface area contributed by atoms with Gasteiger partial charge in [0.05, 0.1) is 5.69 Å². The molecule has 5 nitrogen and oxygen atoms in total. The minimum atomic E-state index is -0.402. The van der Waals surface area contributed by atoms with Crippen LogP contribution < -0.4 is 5.32 Å². The predicted molar refractivity (Wildman–Crippen MR) is 138 cm³/mol. The largest absolute Gasteiger partial charge is 0.323 e. The third-order valence-corrected chi connectivity index (χ3v) is 6.67. The molecule has 34 heavy (non-hydrogen) atoms. The average molecular weight is 484 g/mol. The quantitative estimate of drug-likeness (QED) is 0.223. The lowest BCUT2D eigenvalue weighted by Gasteiger charge is -2.13. The fourth-order valence-corrected chi connectivity index (χ4v) is 4.96. The first-order valence-electron chi connectivity index (χ1n) is 10.6. The lowest BCUT2D eigenvalue weighted by atomic mass is 9.96. The summed E-state index contributed by atoms with van der Waals surface area (Å²) in [5.74, 6) is -0.838. The number of amides is 1. The highest BCUT2D eigenvalue weighted by Crippen LogP contribution is 2.44. The number of fused-ring (bicyclic) bond motifs is 1. The third kappa shape index (κ3) is 4.09. The molecule has 0 unspecified atom stereocenters. The number of thiophene rings is 1. The molecule has 7 heteroatoms. The van der Waals surface area contributed by atoms with Gasteiger partial charge in [-0.3, -0.25) is 9.59 Å². The van der Waals surface area contributed by atoms with Gasteiger partial charge in [-0.05, 0) is 5.56 Å². The molecule has 1 amide bonds. The maximum Gasteiger partial charge on any atom is 0.239 e. The first-order chi connectivity index (χ1) is 16.7. The van der Waals surface area contributed by atoms with E-state index in [1.807, 2.05) is 66.7 Å². The van der Waals surface area contributed by atoms with E-state index in [0.717, 1.165) is 16.7 Å². The molecular formula is C27H18ClN3O2S. The Morgan fingerprint density at radius 3 is 2.00 bits per heavy atom. The van der Waals surface area contributed by atoms with Crippen LogP contribution in [0.5, 0.6) is 0 Å². The summed E-state index contributed by atoms with van der Waals surface area (Å²) in [5.41, 5.74) is 4.17. The zero-order chi connectivity index (χ0) is 23.5. The summed E-state index contributed by atoms with van der Waals surface area (Å²) < 4.78 is 0. The molecule has 166 valence electrons. The van der Waals surface area contributed by atoms with E-state index in [0.29, 0.717) is 32.0 Å². The number of benzene rings is 3. The fourth-order valence-electron chi connectivity index (χ4n) is 3.84. The van der Waals surface area contributed by atoms with E-state index in [4.69, 9.17) is 11.6 Å². The number of nitrogens with zero attached hydrogens (tertiary/aromatic N) is 2. The second-order valence-corrected chi connectivity index (χ2v) is 8.79. The second kappa shape index (κ2) is 9.55. The van der Waals surface area contributed by atoms with Gasteiger partial charge in [-0.2, -0.15) is 0 Å². The van der Waals surface area contributed by atoms with Crippen LogP contribution in [0.2, 0.25) is 0 Å². The number of hydrogen-bond acceptors (Lipinski definition) is 5. The highest BCUT2D eigenvalue weighted by atomic mass is 35.5. The number of ketones is 1. The minimum absolute atomic E-state index is 0.200. The Labute approximate surface area is 205 Å². The van der Waals surface area contributed by atoms with Gasteiger partial charge in [0, 0.05) is 22.1 Å². The molecule has 0 aliphatic carbocycles. The van der Waals surface area contributed by atoms with E-state index in [2.05, 4.69) is 15.5 Å². The fraction of sp³-hybridized carbons (Fsp3) is 0.0370. The van der Waals surface area contributed by atoms with E-state index in [-0.39, 0.29) is 11.7 Å². The number of nitrogens with one attached hydrogen (secondary N) is 1. The molecule has 0 saturated carbocycles. The summed E-state index contributed by atoms with van der Waals surface area (Å²) in [6.45, 7) is 0. The Kier molecular flexibility index (Phi) is 6.16. The molecule has 5 aromatic rings. The zero-order valence-corrected chi connectivity index (χ0v) is 19.4. The molecule has 2 aromatic heterocycles. The molecule has 3 aromatic carbocycles. The molecule has 0 spiro atoms. The van der Waals surface area contributed by atoms with Crippen molar-refractivity contribution in [3.63, 3.8) is 0 Å². The van der Waals surface area contributed by atoms with Gasteiger partial charge in [0.2, 0.25) is 11.7 Å². The first-order valence-corrected chi connectivity index (χ1v) is 11.9. The Balaban J connectivity index is 1.85. The highest BCUT2D eigenvalue weighted by Gasteiger charge is 2.26. The number of rotatable bonds is 6. The Bertz CT molecular complexity index is 1490. The lowest BCUT2D eigenvalue weighted by Crippen LogP contribution is -2.15. The molecule has 0 fully saturated rings. The number of carbonyl (C=O) groups excluding carboxylic acids is 2. The molecular weight excluding hydrogens is 466 g/mol. The maximum absolute atomic E-state index is 13.5. The van der Waals surface area contributed by atoms with Gasteiger partial charge in [0.25, 0.3) is 0 Å². The third-order valence-electron chi connectivity index (χ3n) is 5.35. The summed E-state index contributed by atoms with van der Waals surface area (Å²) in [4.78, 5) is 26.9. The van der Waals surface area contributed by atoms with Crippen molar-refractivity contribution in [2.24, 2.45) is 0 Å². The van der Waals surface area contributed by atoms with Crippen LogP contribution >= 0.6 is 22.9 Å². The summed E-state index contributed by atoms with van der Waals surface area (Å²) in [7, 11) is 0. The number of alkyl halides is 1. The molecule has 0 aliphatic rings. The molecule has 1 N–H and O–H groups in total. The molecule has 0 radical (unpaired) electrons. The van der Waals surface area contributed by atoms with Gasteiger partial charge >= 0.3 is 0 Å². The molecule has 2 heterocycles. The van der Waals surface area contributed by atoms with Crippen LogP contribution in [-0.4, -0.2) is 27.8 Å². The molecule has 0 bridgehead atoms. The molecule has 5 rings (SSSR count). The Hall–Kier alpha value is -3.87. The summed E-state index contributed by atoms with van der Waals surface area (Å²) in [6, 6.07) is 28.5. The summed E-state index contributed by atoms with van der Waals surface area (Å²) in [5, 5.41) is 12.6. The maximum atomic E-state index is 13.5. The van der Waals surface area contributed by atoms with Crippen LogP contribution in [0.25, 0.3) is 32.6 Å². The predicted octanol–water partition coefficient (Wildman–Crippen LogP) is 6.43. The smallest absolute Gasteiger partial charge is 0.239 e. The van der Waals surface area contributed by atoms with E-state index >= 15 is 0 Å². The Morgan fingerprint density at radius 1 is 0.794 bits per heavy atom. The van der Waals surface area contributed by atoms with Gasteiger partial charge in [-0.25, -0.2) is 0 Å². The SMILES string of the molecule is O=C(CCl)Nc1c(C(=O)c2ccccc2)sc2nnc(-c3ccccc3)c(-c3ccccc3)c12. The van der Waals surface area contributed by atoms with Gasteiger partial charge in [-0.15, -0.1) is 33.1 Å². The van der Waals surface area contributed by atoms with Crippen LogP contribution in [0.3, 0.4) is 0 Å². The molecule has 0 saturated heterocycles. The normalized spacial score (nSPS) is 10.9. The van der Waals surface area contributed by atoms with Crippen molar-refractivity contribution >= 4 is 50.5 Å². The van der Waals surface area contributed by atoms with Gasteiger partial charge in [0.15, 0.2) is 0 Å². The van der Waals surface area contributed by atoms with Crippen molar-refractivity contribution in [1.82, 2.24) is 10.2 Å². The van der Waals surface area contributed by atoms with Crippen molar-refractivity contribution in [1.29, 1.82) is 0 Å². The molecule has 0 aliphatic heterocycles. The van der Waals surface area contributed by atoms with Crippen LogP contribution in [0.1, 0.15) is 15.2 Å². The van der Waals surface area contributed by atoms with E-state index in [9.17, 15) is 9.59 Å². The minimum Gasteiger partial charge on any atom is -0.323 e. The van der Waals surface area contributed by atoms with Crippen LogP contribution in [-0.2, 0) is 4.79 Å². The van der Waals surface area contributed by atoms with Gasteiger partial charge in [0.1, 0.15) is 21.3 Å². The highest BCUT2D eigenvalue weighted by molar-refractivity contribution is 7.21. The van der Waals surface area contributed by atoms with E-state index in [1.54, 1.807) is 24.3 Å². The Morgan fingerprint density at radius 2 is 1.38 bits per heavy atom. The number of anilines is 1. The zero-order valence-electron chi connectivity index (χ0n) is 17.9. The van der Waals surface area contributed by atoms with Crippen molar-refractivity contribution < 1.29 is 9.59 Å². The number of carbonyl (C=O) groups is 2. The summed E-state index contributed by atoms with van der Waals surface area (Å²) in [6.07, 6.45) is 0. The van der Waals surface area contributed by atoms with Crippen LogP contribution in [0.15, 0.2) is 91.0 Å². The van der Waals surface area contributed by atoms with Crippen molar-refractivity contribution in [3.8, 4) is 22.4 Å². The van der Waals surface area contributed by atoms with Gasteiger partial charge in [-0.1, -0.05) is 91.0 Å². The lowest BCUT2D eigenvalue weighted by molar-refractivity contribution is -0.113. The second-order valence-electron chi connectivity index (χ2n) is 7.52. The van der Waals surface area contributed by atoms with Crippen molar-refractivity contribution in [2.75, 3.05) is 11.2 Å². The van der Waals surface area contributed by atoms with Crippen molar-refractivity contribution in [3.05, 3.63) is 101 Å². The standard InChI is InChI=1S/C27H18ClN3O2S/c28-16-20(32)29-24-22-21(17-10-4-1-5-11-17)23(18-12-6-2-7-13-18)30-31-27(22)34-26(24)25(33)19-14-8-3-9-15-19/h1-15H,16H2,(H,29,32). The molecule has 0 atom stereocenters. The summed E-state index contributed by atoms with van der Waals surface area (Å²) >= 11 is 7.04. The number of hydrogen-bond donors (Lipinski definition) is 1. The van der Waals surface area contributed by atoms with Crippen LogP contribution in [0.4, 0.5) is 5.69 Å². The monoisotopic (exact) mass is 483 g/mol.